The van der Waals surface area contributed by atoms with Crippen molar-refractivity contribution in [1.29, 1.82) is 0 Å². The number of halogens is 3. The maximum absolute atomic E-state index is 12.5. The Morgan fingerprint density at radius 3 is 2.00 bits per heavy atom. The van der Waals surface area contributed by atoms with Crippen molar-refractivity contribution >= 4 is 17.2 Å². The van der Waals surface area contributed by atoms with Crippen LogP contribution in [-0.4, -0.2) is 5.92 Å². The first-order valence-electron chi connectivity index (χ1n) is 3.47. The van der Waals surface area contributed by atoms with E-state index in [9.17, 15) is 8.78 Å². The van der Waals surface area contributed by atoms with Crippen molar-refractivity contribution in [2.24, 2.45) is 0 Å². The summed E-state index contributed by atoms with van der Waals surface area (Å²) in [6.45, 7) is 0. The lowest BCUT2D eigenvalue weighted by atomic mass is 10.2. The Labute approximate surface area is 73.5 Å². The van der Waals surface area contributed by atoms with E-state index in [1.807, 2.05) is 0 Å². The highest BCUT2D eigenvalue weighted by Gasteiger charge is 2.45. The largest absolute Gasteiger partial charge is 0.292 e. The molecular formula is C9H5ClF2. The summed E-state index contributed by atoms with van der Waals surface area (Å²) in [5, 5.41) is 0.559. The Hall–Kier alpha value is -0.890. The van der Waals surface area contributed by atoms with Crippen molar-refractivity contribution in [1.82, 2.24) is 0 Å². The molecule has 62 valence electrons. The Morgan fingerprint density at radius 2 is 1.58 bits per heavy atom. The highest BCUT2D eigenvalue weighted by Crippen LogP contribution is 2.47. The minimum absolute atomic E-state index is 0.0965. The van der Waals surface area contributed by atoms with E-state index in [-0.39, 0.29) is 5.57 Å². The van der Waals surface area contributed by atoms with Gasteiger partial charge in [0.25, 0.3) is 5.92 Å². The van der Waals surface area contributed by atoms with Crippen LogP contribution in [0.2, 0.25) is 5.02 Å². The topological polar surface area (TPSA) is 0 Å². The van der Waals surface area contributed by atoms with Crippen molar-refractivity contribution in [2.75, 3.05) is 0 Å². The molecule has 0 nitrogen and oxygen atoms in total. The molecule has 0 atom stereocenters. The predicted octanol–water partition coefficient (Wildman–Crippen LogP) is 3.37. The van der Waals surface area contributed by atoms with Crippen LogP contribution in [0.3, 0.4) is 0 Å². The molecule has 1 aromatic carbocycles. The van der Waals surface area contributed by atoms with Crippen molar-refractivity contribution in [3.8, 4) is 0 Å². The number of benzene rings is 1. The van der Waals surface area contributed by atoms with Gasteiger partial charge in [0.1, 0.15) is 0 Å². The van der Waals surface area contributed by atoms with Gasteiger partial charge < -0.3 is 0 Å². The fourth-order valence-electron chi connectivity index (χ4n) is 1.05. The van der Waals surface area contributed by atoms with Crippen molar-refractivity contribution in [2.45, 2.75) is 5.92 Å². The van der Waals surface area contributed by atoms with Crippen LogP contribution >= 0.6 is 11.6 Å². The second-order valence-corrected chi connectivity index (χ2v) is 3.12. The van der Waals surface area contributed by atoms with Gasteiger partial charge in [0, 0.05) is 10.6 Å². The maximum Gasteiger partial charge on any atom is 0.292 e. The number of rotatable bonds is 1. The van der Waals surface area contributed by atoms with Gasteiger partial charge in [0.05, 0.1) is 0 Å². The van der Waals surface area contributed by atoms with Gasteiger partial charge in [0.15, 0.2) is 0 Å². The third-order valence-electron chi connectivity index (χ3n) is 1.76. The molecule has 1 aliphatic carbocycles. The second-order valence-electron chi connectivity index (χ2n) is 2.69. The van der Waals surface area contributed by atoms with E-state index in [1.54, 1.807) is 24.3 Å². The third-order valence-corrected chi connectivity index (χ3v) is 2.01. The smallest absolute Gasteiger partial charge is 0.196 e. The van der Waals surface area contributed by atoms with E-state index in [0.717, 1.165) is 6.08 Å². The van der Waals surface area contributed by atoms with Crippen molar-refractivity contribution in [3.05, 3.63) is 40.9 Å². The summed E-state index contributed by atoms with van der Waals surface area (Å²) >= 11 is 5.60. The summed E-state index contributed by atoms with van der Waals surface area (Å²) < 4.78 is 24.9. The molecule has 1 aromatic rings. The van der Waals surface area contributed by atoms with Crippen molar-refractivity contribution < 1.29 is 8.78 Å². The van der Waals surface area contributed by atoms with Gasteiger partial charge in [-0.3, -0.25) is 0 Å². The van der Waals surface area contributed by atoms with E-state index in [4.69, 9.17) is 11.6 Å². The molecule has 0 aromatic heterocycles. The summed E-state index contributed by atoms with van der Waals surface area (Å²) in [4.78, 5) is 0. The highest BCUT2D eigenvalue weighted by atomic mass is 35.5. The molecule has 0 amide bonds. The summed E-state index contributed by atoms with van der Waals surface area (Å²) in [5.74, 6) is -2.69. The van der Waals surface area contributed by atoms with E-state index in [2.05, 4.69) is 0 Å². The van der Waals surface area contributed by atoms with E-state index < -0.39 is 5.92 Å². The Kier molecular flexibility index (Phi) is 1.48. The summed E-state index contributed by atoms with van der Waals surface area (Å²) in [7, 11) is 0. The molecule has 0 N–H and O–H groups in total. The summed E-state index contributed by atoms with van der Waals surface area (Å²) in [6, 6.07) is 6.39. The molecule has 0 aliphatic heterocycles. The first kappa shape index (κ1) is 7.74. The van der Waals surface area contributed by atoms with Crippen LogP contribution in [0.5, 0.6) is 0 Å². The fraction of sp³-hybridized carbons (Fsp3) is 0.111. The van der Waals surface area contributed by atoms with Gasteiger partial charge in [-0.2, -0.15) is 8.78 Å². The first-order valence-corrected chi connectivity index (χ1v) is 3.84. The zero-order valence-corrected chi connectivity index (χ0v) is 6.78. The van der Waals surface area contributed by atoms with Gasteiger partial charge >= 0.3 is 0 Å². The van der Waals surface area contributed by atoms with Crippen LogP contribution in [-0.2, 0) is 0 Å². The summed E-state index contributed by atoms with van der Waals surface area (Å²) in [5.41, 5.74) is 0.642. The molecule has 0 fully saturated rings. The molecular weight excluding hydrogens is 182 g/mol. The SMILES string of the molecule is FC1(F)C=C1c1ccc(Cl)cc1. The monoisotopic (exact) mass is 186 g/mol. The van der Waals surface area contributed by atoms with E-state index in [0.29, 0.717) is 10.6 Å². The minimum atomic E-state index is -2.69. The average molecular weight is 187 g/mol. The van der Waals surface area contributed by atoms with Gasteiger partial charge in [-0.25, -0.2) is 0 Å². The Morgan fingerprint density at radius 1 is 1.08 bits per heavy atom. The lowest BCUT2D eigenvalue weighted by molar-refractivity contribution is 0.159. The lowest BCUT2D eigenvalue weighted by Crippen LogP contribution is -1.92. The quantitative estimate of drug-likeness (QED) is 0.631. The average Bonchev–Trinajstić information content (AvgIpc) is 2.61. The Balaban J connectivity index is 2.27. The van der Waals surface area contributed by atoms with Gasteiger partial charge in [-0.05, 0) is 23.8 Å². The van der Waals surface area contributed by atoms with Crippen LogP contribution in [0.1, 0.15) is 5.56 Å². The molecule has 0 radical (unpaired) electrons. The molecule has 0 spiro atoms. The Bertz CT molecular complexity index is 338. The maximum atomic E-state index is 12.5. The normalized spacial score (nSPS) is 18.8. The summed E-state index contributed by atoms with van der Waals surface area (Å²) in [6.07, 6.45) is 0.941. The van der Waals surface area contributed by atoms with Crippen LogP contribution in [0.25, 0.3) is 5.57 Å². The first-order chi connectivity index (χ1) is 5.59. The molecule has 0 unspecified atom stereocenters. The van der Waals surface area contributed by atoms with Crippen LogP contribution in [0.4, 0.5) is 8.78 Å². The van der Waals surface area contributed by atoms with Gasteiger partial charge in [-0.15, -0.1) is 0 Å². The highest BCUT2D eigenvalue weighted by molar-refractivity contribution is 6.30. The number of hydrogen-bond donors (Lipinski definition) is 0. The minimum Gasteiger partial charge on any atom is -0.196 e. The third kappa shape index (κ3) is 1.23. The molecule has 1 aliphatic rings. The molecule has 0 heterocycles. The molecule has 3 heteroatoms. The molecule has 0 bridgehead atoms. The van der Waals surface area contributed by atoms with Crippen molar-refractivity contribution in [3.63, 3.8) is 0 Å². The zero-order chi connectivity index (χ0) is 8.77. The van der Waals surface area contributed by atoms with E-state index >= 15 is 0 Å². The molecule has 0 saturated heterocycles. The van der Waals surface area contributed by atoms with Crippen LogP contribution < -0.4 is 0 Å². The van der Waals surface area contributed by atoms with Crippen LogP contribution in [0, 0.1) is 0 Å². The zero-order valence-electron chi connectivity index (χ0n) is 6.02. The molecule has 2 rings (SSSR count). The van der Waals surface area contributed by atoms with E-state index in [1.165, 1.54) is 0 Å². The van der Waals surface area contributed by atoms with Crippen LogP contribution in [0.15, 0.2) is 30.3 Å². The second kappa shape index (κ2) is 2.30. The standard InChI is InChI=1S/C9H5ClF2/c10-7-3-1-6(2-4-7)8-5-9(8,11)12/h1-5H. The number of hydrogen-bond acceptors (Lipinski definition) is 0. The predicted molar refractivity (Wildman–Crippen MR) is 44.4 cm³/mol. The fourth-order valence-corrected chi connectivity index (χ4v) is 1.18. The van der Waals surface area contributed by atoms with Gasteiger partial charge in [0.2, 0.25) is 0 Å². The lowest BCUT2D eigenvalue weighted by Gasteiger charge is -1.97. The number of alkyl halides is 2. The number of allylic oxidation sites excluding steroid dienone is 2. The van der Waals surface area contributed by atoms with Gasteiger partial charge in [-0.1, -0.05) is 23.7 Å². The molecule has 0 saturated carbocycles. The molecule has 12 heavy (non-hydrogen) atoms.